The fraction of sp³-hybridized carbons (Fsp3) is 0.333. The van der Waals surface area contributed by atoms with Crippen molar-refractivity contribution in [2.75, 3.05) is 5.73 Å². The van der Waals surface area contributed by atoms with Crippen molar-refractivity contribution in [3.05, 3.63) is 64.7 Å². The van der Waals surface area contributed by atoms with Crippen molar-refractivity contribution in [1.29, 1.82) is 0 Å². The molecular weight excluding hydrogens is 230 g/mol. The third-order valence-corrected chi connectivity index (χ3v) is 3.59. The molecule has 0 spiro atoms. The van der Waals surface area contributed by atoms with E-state index in [1.165, 1.54) is 41.5 Å². The first-order chi connectivity index (χ1) is 9.19. The average Bonchev–Trinajstić information content (AvgIpc) is 2.41. The van der Waals surface area contributed by atoms with Gasteiger partial charge >= 0.3 is 0 Å². The van der Waals surface area contributed by atoms with Crippen LogP contribution >= 0.6 is 0 Å². The Morgan fingerprint density at radius 1 is 0.947 bits per heavy atom. The van der Waals surface area contributed by atoms with Crippen molar-refractivity contribution in [3.63, 3.8) is 0 Å². The lowest BCUT2D eigenvalue weighted by Crippen LogP contribution is -1.94. The highest BCUT2D eigenvalue weighted by atomic mass is 14.5. The van der Waals surface area contributed by atoms with E-state index in [1.54, 1.807) is 0 Å². The van der Waals surface area contributed by atoms with Crippen LogP contribution in [0.1, 0.15) is 42.0 Å². The van der Waals surface area contributed by atoms with E-state index in [0.29, 0.717) is 0 Å². The van der Waals surface area contributed by atoms with E-state index in [0.717, 1.165) is 12.1 Å². The van der Waals surface area contributed by atoms with Crippen molar-refractivity contribution >= 4 is 5.69 Å². The molecule has 0 radical (unpaired) electrons. The minimum atomic E-state index is 0.829. The molecule has 1 heteroatoms. The summed E-state index contributed by atoms with van der Waals surface area (Å²) in [5.74, 6) is 0. The van der Waals surface area contributed by atoms with Crippen LogP contribution in [0.4, 0.5) is 5.69 Å². The minimum Gasteiger partial charge on any atom is -0.399 e. The highest BCUT2D eigenvalue weighted by Crippen LogP contribution is 2.17. The molecule has 19 heavy (non-hydrogen) atoms. The van der Waals surface area contributed by atoms with Crippen LogP contribution in [0.25, 0.3) is 0 Å². The van der Waals surface area contributed by atoms with Crippen LogP contribution in [-0.4, -0.2) is 0 Å². The Hall–Kier alpha value is -1.76. The molecule has 0 aliphatic rings. The highest BCUT2D eigenvalue weighted by molar-refractivity contribution is 5.41. The van der Waals surface area contributed by atoms with Gasteiger partial charge in [-0.3, -0.25) is 0 Å². The van der Waals surface area contributed by atoms with Gasteiger partial charge in [-0.25, -0.2) is 0 Å². The molecule has 0 amide bonds. The van der Waals surface area contributed by atoms with E-state index < -0.39 is 0 Å². The molecule has 0 aliphatic heterocycles. The maximum atomic E-state index is 5.71. The zero-order valence-electron chi connectivity index (χ0n) is 11.9. The van der Waals surface area contributed by atoms with Crippen molar-refractivity contribution in [2.24, 2.45) is 0 Å². The lowest BCUT2D eigenvalue weighted by atomic mass is 9.97. The van der Waals surface area contributed by atoms with E-state index in [4.69, 9.17) is 5.73 Å². The molecule has 2 aromatic rings. The normalized spacial score (nSPS) is 10.6. The molecule has 0 bridgehead atoms. The first kappa shape index (κ1) is 13.7. The summed E-state index contributed by atoms with van der Waals surface area (Å²) in [5.41, 5.74) is 12.1. The van der Waals surface area contributed by atoms with Gasteiger partial charge in [-0.05, 0) is 60.6 Å². The predicted octanol–water partition coefficient (Wildman–Crippen LogP) is 4.51. The number of benzene rings is 2. The van der Waals surface area contributed by atoms with Crippen LogP contribution in [0.2, 0.25) is 0 Å². The summed E-state index contributed by atoms with van der Waals surface area (Å²) in [6.45, 7) is 4.46. The quantitative estimate of drug-likeness (QED) is 0.779. The lowest BCUT2D eigenvalue weighted by molar-refractivity contribution is 0.791. The van der Waals surface area contributed by atoms with Gasteiger partial charge in [0.05, 0.1) is 0 Å². The summed E-state index contributed by atoms with van der Waals surface area (Å²) < 4.78 is 0. The molecule has 0 aliphatic carbocycles. The van der Waals surface area contributed by atoms with Gasteiger partial charge in [-0.15, -0.1) is 0 Å². The fourth-order valence-corrected chi connectivity index (χ4v) is 2.39. The zero-order chi connectivity index (χ0) is 13.7. The second kappa shape index (κ2) is 6.42. The molecule has 2 rings (SSSR count). The average molecular weight is 253 g/mol. The molecule has 0 aromatic heterocycles. The minimum absolute atomic E-state index is 0.829. The van der Waals surface area contributed by atoms with E-state index in [2.05, 4.69) is 44.2 Å². The number of nitrogens with two attached hydrogens (primary N) is 1. The van der Waals surface area contributed by atoms with E-state index in [9.17, 15) is 0 Å². The predicted molar refractivity (Wildman–Crippen MR) is 83.5 cm³/mol. The number of hydrogen-bond donors (Lipinski definition) is 1. The molecule has 1 nitrogen and oxygen atoms in total. The number of rotatable bonds is 5. The first-order valence-corrected chi connectivity index (χ1v) is 7.12. The molecule has 0 saturated heterocycles. The van der Waals surface area contributed by atoms with Gasteiger partial charge in [0.15, 0.2) is 0 Å². The second-order valence-electron chi connectivity index (χ2n) is 5.28. The molecule has 100 valence electrons. The Labute approximate surface area is 116 Å². The topological polar surface area (TPSA) is 26.0 Å². The Kier molecular flexibility index (Phi) is 4.62. The second-order valence-corrected chi connectivity index (χ2v) is 5.28. The van der Waals surface area contributed by atoms with E-state index >= 15 is 0 Å². The standard InChI is InChI=1S/C18H23N/c1-3-4-5-17-9-6-16(12-14(17)2)13-15-7-10-18(19)11-8-15/h6-12H,3-5,13,19H2,1-2H3. The van der Waals surface area contributed by atoms with Crippen LogP contribution < -0.4 is 5.73 Å². The van der Waals surface area contributed by atoms with E-state index in [1.807, 2.05) is 12.1 Å². The fourth-order valence-electron chi connectivity index (χ4n) is 2.39. The third-order valence-electron chi connectivity index (χ3n) is 3.59. The molecule has 0 fully saturated rings. The first-order valence-electron chi connectivity index (χ1n) is 7.12. The van der Waals surface area contributed by atoms with Gasteiger partial charge in [-0.1, -0.05) is 43.7 Å². The van der Waals surface area contributed by atoms with Crippen LogP contribution in [0.15, 0.2) is 42.5 Å². The van der Waals surface area contributed by atoms with Crippen LogP contribution in [0.3, 0.4) is 0 Å². The van der Waals surface area contributed by atoms with Gasteiger partial charge in [-0.2, -0.15) is 0 Å². The number of hydrogen-bond acceptors (Lipinski definition) is 1. The SMILES string of the molecule is CCCCc1ccc(Cc2ccc(N)cc2)cc1C. The zero-order valence-corrected chi connectivity index (χ0v) is 11.9. The molecule has 0 heterocycles. The maximum Gasteiger partial charge on any atom is 0.0314 e. The smallest absolute Gasteiger partial charge is 0.0314 e. The molecule has 0 unspecified atom stereocenters. The third kappa shape index (κ3) is 3.85. The van der Waals surface area contributed by atoms with Crippen molar-refractivity contribution in [3.8, 4) is 0 Å². The summed E-state index contributed by atoms with van der Waals surface area (Å²) in [7, 11) is 0. The Morgan fingerprint density at radius 2 is 1.63 bits per heavy atom. The van der Waals surface area contributed by atoms with Gasteiger partial charge in [0.25, 0.3) is 0 Å². The molecule has 0 saturated carbocycles. The Bertz CT molecular complexity index is 526. The van der Waals surface area contributed by atoms with Crippen LogP contribution in [0, 0.1) is 6.92 Å². The summed E-state index contributed by atoms with van der Waals surface area (Å²) >= 11 is 0. The number of unbranched alkanes of at least 4 members (excludes halogenated alkanes) is 1. The van der Waals surface area contributed by atoms with E-state index in [-0.39, 0.29) is 0 Å². The lowest BCUT2D eigenvalue weighted by Gasteiger charge is -2.09. The summed E-state index contributed by atoms with van der Waals surface area (Å²) in [4.78, 5) is 0. The number of nitrogen functional groups attached to an aromatic ring is 1. The number of aryl methyl sites for hydroxylation is 2. The highest BCUT2D eigenvalue weighted by Gasteiger charge is 2.01. The Balaban J connectivity index is 2.09. The number of anilines is 1. The molecule has 2 N–H and O–H groups in total. The molecule has 0 atom stereocenters. The van der Waals surface area contributed by atoms with Crippen LogP contribution in [-0.2, 0) is 12.8 Å². The summed E-state index contributed by atoms with van der Waals surface area (Å²) in [6.07, 6.45) is 4.71. The largest absolute Gasteiger partial charge is 0.399 e. The summed E-state index contributed by atoms with van der Waals surface area (Å²) in [5, 5.41) is 0. The van der Waals surface area contributed by atoms with Crippen molar-refractivity contribution < 1.29 is 0 Å². The van der Waals surface area contributed by atoms with Gasteiger partial charge in [0, 0.05) is 5.69 Å². The van der Waals surface area contributed by atoms with Crippen molar-refractivity contribution in [1.82, 2.24) is 0 Å². The van der Waals surface area contributed by atoms with Crippen molar-refractivity contribution in [2.45, 2.75) is 39.5 Å². The monoisotopic (exact) mass is 253 g/mol. The van der Waals surface area contributed by atoms with Gasteiger partial charge in [0.2, 0.25) is 0 Å². The Morgan fingerprint density at radius 3 is 2.26 bits per heavy atom. The maximum absolute atomic E-state index is 5.71. The molecular formula is C18H23N. The van der Waals surface area contributed by atoms with Crippen LogP contribution in [0.5, 0.6) is 0 Å². The van der Waals surface area contributed by atoms with Gasteiger partial charge in [0.1, 0.15) is 0 Å². The molecule has 2 aromatic carbocycles. The summed E-state index contributed by atoms with van der Waals surface area (Å²) in [6, 6.07) is 15.0. The van der Waals surface area contributed by atoms with Gasteiger partial charge < -0.3 is 5.73 Å².